The number of carbonyl (C=O) groups excluding carboxylic acids is 1. The van der Waals surface area contributed by atoms with Crippen LogP contribution in [0, 0.1) is 5.92 Å². The van der Waals surface area contributed by atoms with Crippen LogP contribution in [0.15, 0.2) is 24.3 Å². The number of ether oxygens (including phenoxy) is 1. The fourth-order valence-corrected chi connectivity index (χ4v) is 3.26. The summed E-state index contributed by atoms with van der Waals surface area (Å²) in [6, 6.07) is 7.87. The summed E-state index contributed by atoms with van der Waals surface area (Å²) in [7, 11) is 1.74. The maximum atomic E-state index is 12.2. The van der Waals surface area contributed by atoms with Crippen molar-refractivity contribution in [3.05, 3.63) is 30.0 Å². The lowest BCUT2D eigenvalue weighted by Crippen LogP contribution is -2.40. The van der Waals surface area contributed by atoms with Crippen LogP contribution in [0.2, 0.25) is 0 Å². The van der Waals surface area contributed by atoms with E-state index in [1.54, 1.807) is 7.11 Å². The van der Waals surface area contributed by atoms with Crippen LogP contribution in [0.5, 0.6) is 0 Å². The van der Waals surface area contributed by atoms with E-state index in [2.05, 4.69) is 20.4 Å². The second-order valence-corrected chi connectivity index (χ2v) is 6.48. The molecule has 0 bridgehead atoms. The number of H-pyrrole nitrogens is 1. The normalized spacial score (nSPS) is 16.5. The van der Waals surface area contributed by atoms with Crippen molar-refractivity contribution in [2.75, 3.05) is 39.9 Å². The quantitative estimate of drug-likeness (QED) is 0.809. The molecule has 1 saturated heterocycles. The first-order valence-corrected chi connectivity index (χ1v) is 8.66. The third kappa shape index (κ3) is 4.33. The molecule has 1 aliphatic rings. The van der Waals surface area contributed by atoms with Crippen LogP contribution in [0.3, 0.4) is 0 Å². The number of benzene rings is 1. The zero-order valence-corrected chi connectivity index (χ0v) is 14.3. The van der Waals surface area contributed by atoms with Gasteiger partial charge in [0.25, 0.3) is 0 Å². The van der Waals surface area contributed by atoms with Gasteiger partial charge in [0.15, 0.2) is 0 Å². The summed E-state index contributed by atoms with van der Waals surface area (Å²) in [5.41, 5.74) is 1.79. The number of likely N-dealkylation sites (tertiary alicyclic amines) is 1. The molecule has 6 nitrogen and oxygen atoms in total. The third-order valence-corrected chi connectivity index (χ3v) is 4.78. The number of piperidine rings is 1. The van der Waals surface area contributed by atoms with E-state index < -0.39 is 0 Å². The summed E-state index contributed by atoms with van der Waals surface area (Å²) >= 11 is 0. The monoisotopic (exact) mass is 330 g/mol. The van der Waals surface area contributed by atoms with Gasteiger partial charge >= 0.3 is 0 Å². The number of rotatable bonds is 7. The largest absolute Gasteiger partial charge is 0.383 e. The van der Waals surface area contributed by atoms with Gasteiger partial charge in [-0.2, -0.15) is 5.10 Å². The van der Waals surface area contributed by atoms with Crippen molar-refractivity contribution in [1.82, 2.24) is 20.4 Å². The molecular formula is C18H26N4O2. The minimum absolute atomic E-state index is 0.0613. The number of nitrogens with zero attached hydrogens (tertiary/aromatic N) is 2. The Labute approximate surface area is 142 Å². The molecule has 24 heavy (non-hydrogen) atoms. The number of carbonyl (C=O) groups is 1. The van der Waals surface area contributed by atoms with Gasteiger partial charge in [-0.1, -0.05) is 18.2 Å². The fraction of sp³-hybridized carbons (Fsp3) is 0.556. The fourth-order valence-electron chi connectivity index (χ4n) is 3.26. The number of aromatic nitrogens is 2. The highest BCUT2D eigenvalue weighted by Crippen LogP contribution is 2.17. The first-order chi connectivity index (χ1) is 11.8. The van der Waals surface area contributed by atoms with Crippen molar-refractivity contribution in [2.24, 2.45) is 5.92 Å². The number of nitrogens with one attached hydrogen (secondary N) is 2. The Morgan fingerprint density at radius 2 is 2.17 bits per heavy atom. The van der Waals surface area contributed by atoms with Crippen molar-refractivity contribution >= 4 is 16.8 Å². The second-order valence-electron chi connectivity index (χ2n) is 6.48. The third-order valence-electron chi connectivity index (χ3n) is 4.78. The van der Waals surface area contributed by atoms with Crippen molar-refractivity contribution in [3.63, 3.8) is 0 Å². The lowest BCUT2D eigenvalue weighted by Gasteiger charge is -2.31. The molecule has 1 aromatic heterocycles. The molecule has 1 aromatic carbocycles. The predicted octanol–water partition coefficient (Wildman–Crippen LogP) is 1.58. The smallest absolute Gasteiger partial charge is 0.226 e. The van der Waals surface area contributed by atoms with Crippen molar-refractivity contribution in [2.45, 2.75) is 19.3 Å². The summed E-state index contributed by atoms with van der Waals surface area (Å²) in [4.78, 5) is 14.6. The molecule has 0 radical (unpaired) electrons. The van der Waals surface area contributed by atoms with Gasteiger partial charge in [-0.3, -0.25) is 9.89 Å². The number of amides is 1. The van der Waals surface area contributed by atoms with E-state index in [4.69, 9.17) is 4.74 Å². The number of para-hydroxylation sites is 1. The first-order valence-electron chi connectivity index (χ1n) is 8.66. The maximum absolute atomic E-state index is 12.2. The summed E-state index contributed by atoms with van der Waals surface area (Å²) in [6.45, 7) is 4.75. The molecule has 6 heteroatoms. The van der Waals surface area contributed by atoms with Gasteiger partial charge in [0.2, 0.25) is 5.91 Å². The van der Waals surface area contributed by atoms with Crippen LogP contribution in [0.4, 0.5) is 0 Å². The van der Waals surface area contributed by atoms with E-state index in [-0.39, 0.29) is 5.91 Å². The predicted molar refractivity (Wildman–Crippen MR) is 93.8 cm³/mol. The molecule has 2 aromatic rings. The maximum Gasteiger partial charge on any atom is 0.226 e. The number of hydrogen-bond acceptors (Lipinski definition) is 4. The molecule has 0 saturated carbocycles. The first kappa shape index (κ1) is 16.9. The molecule has 2 N–H and O–H groups in total. The molecule has 0 aliphatic carbocycles. The van der Waals surface area contributed by atoms with E-state index in [1.165, 1.54) is 0 Å². The van der Waals surface area contributed by atoms with E-state index in [0.717, 1.165) is 62.2 Å². The molecular weight excluding hydrogens is 304 g/mol. The van der Waals surface area contributed by atoms with Crippen LogP contribution in [-0.4, -0.2) is 60.9 Å². The SMILES string of the molecule is COCCN1CCC(CNC(=O)Cc2[nH]nc3ccccc23)CC1. The number of hydrogen-bond donors (Lipinski definition) is 2. The molecule has 1 amide bonds. The van der Waals surface area contributed by atoms with E-state index in [0.29, 0.717) is 12.3 Å². The highest BCUT2D eigenvalue weighted by atomic mass is 16.5. The summed E-state index contributed by atoms with van der Waals surface area (Å²) in [5, 5.41) is 11.3. The van der Waals surface area contributed by atoms with Gasteiger partial charge < -0.3 is 15.0 Å². The average molecular weight is 330 g/mol. The standard InChI is InChI=1S/C18H26N4O2/c1-24-11-10-22-8-6-14(7-9-22)13-19-18(23)12-17-15-4-2-3-5-16(15)20-21-17/h2-5,14H,6-13H2,1H3,(H,19,23)(H,20,21). The second kappa shape index (κ2) is 8.26. The number of aromatic amines is 1. The Morgan fingerprint density at radius 1 is 1.38 bits per heavy atom. The van der Waals surface area contributed by atoms with E-state index in [1.807, 2.05) is 24.3 Å². The Balaban J connectivity index is 1.42. The highest BCUT2D eigenvalue weighted by molar-refractivity contribution is 5.87. The number of fused-ring (bicyclic) bond motifs is 1. The van der Waals surface area contributed by atoms with Gasteiger partial charge in [-0.25, -0.2) is 0 Å². The van der Waals surface area contributed by atoms with Crippen molar-refractivity contribution in [1.29, 1.82) is 0 Å². The zero-order chi connectivity index (χ0) is 16.8. The molecule has 1 aliphatic heterocycles. The van der Waals surface area contributed by atoms with Gasteiger partial charge in [0.05, 0.1) is 24.2 Å². The Bertz CT molecular complexity index is 662. The van der Waals surface area contributed by atoms with Crippen LogP contribution in [0.25, 0.3) is 10.9 Å². The minimum Gasteiger partial charge on any atom is -0.383 e. The lowest BCUT2D eigenvalue weighted by atomic mass is 9.97. The molecule has 0 spiro atoms. The van der Waals surface area contributed by atoms with Crippen molar-refractivity contribution < 1.29 is 9.53 Å². The van der Waals surface area contributed by atoms with Crippen molar-refractivity contribution in [3.8, 4) is 0 Å². The lowest BCUT2D eigenvalue weighted by molar-refractivity contribution is -0.120. The van der Waals surface area contributed by atoms with E-state index >= 15 is 0 Å². The Morgan fingerprint density at radius 3 is 2.96 bits per heavy atom. The van der Waals surface area contributed by atoms with Crippen LogP contribution < -0.4 is 5.32 Å². The minimum atomic E-state index is 0.0613. The molecule has 0 unspecified atom stereocenters. The summed E-state index contributed by atoms with van der Waals surface area (Å²) in [6.07, 6.45) is 2.63. The van der Waals surface area contributed by atoms with Crippen LogP contribution in [-0.2, 0) is 16.0 Å². The van der Waals surface area contributed by atoms with Gasteiger partial charge in [0.1, 0.15) is 0 Å². The Hall–Kier alpha value is -1.92. The zero-order valence-electron chi connectivity index (χ0n) is 14.3. The highest BCUT2D eigenvalue weighted by Gasteiger charge is 2.19. The summed E-state index contributed by atoms with van der Waals surface area (Å²) in [5.74, 6) is 0.637. The average Bonchev–Trinajstić information content (AvgIpc) is 3.02. The van der Waals surface area contributed by atoms with E-state index in [9.17, 15) is 4.79 Å². The van der Waals surface area contributed by atoms with Gasteiger partial charge in [0, 0.05) is 25.6 Å². The Kier molecular flexibility index (Phi) is 5.82. The molecule has 130 valence electrons. The number of methoxy groups -OCH3 is 1. The molecule has 1 fully saturated rings. The van der Waals surface area contributed by atoms with Crippen LogP contribution >= 0.6 is 0 Å². The molecule has 2 heterocycles. The summed E-state index contributed by atoms with van der Waals surface area (Å²) < 4.78 is 5.12. The van der Waals surface area contributed by atoms with Gasteiger partial charge in [-0.05, 0) is 37.9 Å². The molecule has 0 atom stereocenters. The molecule has 3 rings (SSSR count). The van der Waals surface area contributed by atoms with Crippen LogP contribution in [0.1, 0.15) is 18.5 Å². The topological polar surface area (TPSA) is 70.2 Å². The van der Waals surface area contributed by atoms with Gasteiger partial charge in [-0.15, -0.1) is 0 Å².